The summed E-state index contributed by atoms with van der Waals surface area (Å²) in [4.78, 5) is 7.11. The molecule has 1 aromatic rings. The molecule has 0 aliphatic carbocycles. The third-order valence-electron chi connectivity index (χ3n) is 3.62. The van der Waals surface area contributed by atoms with Crippen LogP contribution in [0.5, 0.6) is 0 Å². The molecule has 0 aromatic heterocycles. The van der Waals surface area contributed by atoms with E-state index in [-0.39, 0.29) is 24.0 Å². The summed E-state index contributed by atoms with van der Waals surface area (Å²) in [5.74, 6) is 3.38. The molecule has 6 heteroatoms. The van der Waals surface area contributed by atoms with Crippen LogP contribution in [0.15, 0.2) is 29.3 Å². The van der Waals surface area contributed by atoms with Gasteiger partial charge in [0.25, 0.3) is 0 Å². The van der Waals surface area contributed by atoms with Crippen LogP contribution in [0.3, 0.4) is 0 Å². The van der Waals surface area contributed by atoms with Gasteiger partial charge in [-0.05, 0) is 31.0 Å². The molecule has 0 atom stereocenters. The Kier molecular flexibility index (Phi) is 10.5. The van der Waals surface area contributed by atoms with Gasteiger partial charge in [0.2, 0.25) is 0 Å². The van der Waals surface area contributed by atoms with E-state index in [1.165, 1.54) is 22.8 Å². The summed E-state index contributed by atoms with van der Waals surface area (Å²) in [5, 5.41) is 6.61. The molecule has 130 valence electrons. The summed E-state index contributed by atoms with van der Waals surface area (Å²) in [6.07, 6.45) is 1.10. The Morgan fingerprint density at radius 2 is 1.83 bits per heavy atom. The van der Waals surface area contributed by atoms with E-state index in [4.69, 9.17) is 0 Å². The highest BCUT2D eigenvalue weighted by atomic mass is 127. The van der Waals surface area contributed by atoms with Crippen molar-refractivity contribution in [1.29, 1.82) is 0 Å². The number of thioether (sulfide) groups is 1. The molecule has 0 bridgehead atoms. The third kappa shape index (κ3) is 7.20. The average Bonchev–Trinajstić information content (AvgIpc) is 2.58. The molecular formula is C17H29IN4S. The fourth-order valence-corrected chi connectivity index (χ4v) is 3.29. The van der Waals surface area contributed by atoms with Crippen molar-refractivity contribution in [3.8, 4) is 0 Å². The highest BCUT2D eigenvalue weighted by Crippen LogP contribution is 2.20. The number of rotatable bonds is 6. The van der Waals surface area contributed by atoms with Crippen molar-refractivity contribution in [3.05, 3.63) is 29.8 Å². The second-order valence-electron chi connectivity index (χ2n) is 5.39. The summed E-state index contributed by atoms with van der Waals surface area (Å²) in [6, 6.07) is 8.86. The lowest BCUT2D eigenvalue weighted by Crippen LogP contribution is -2.37. The van der Waals surface area contributed by atoms with Crippen LogP contribution >= 0.6 is 35.7 Å². The zero-order chi connectivity index (χ0) is 15.6. The van der Waals surface area contributed by atoms with Crippen molar-refractivity contribution in [3.63, 3.8) is 0 Å². The third-order valence-corrected chi connectivity index (χ3v) is 4.56. The number of anilines is 1. The average molecular weight is 448 g/mol. The first kappa shape index (κ1) is 20.4. The van der Waals surface area contributed by atoms with Crippen LogP contribution in [0.4, 0.5) is 5.69 Å². The maximum Gasteiger partial charge on any atom is 0.191 e. The van der Waals surface area contributed by atoms with E-state index in [2.05, 4.69) is 58.6 Å². The van der Waals surface area contributed by atoms with Crippen molar-refractivity contribution < 1.29 is 0 Å². The minimum absolute atomic E-state index is 0. The van der Waals surface area contributed by atoms with Crippen molar-refractivity contribution >= 4 is 47.4 Å². The molecule has 23 heavy (non-hydrogen) atoms. The minimum Gasteiger partial charge on any atom is -0.370 e. The quantitative estimate of drug-likeness (QED) is 0.398. The highest BCUT2D eigenvalue weighted by Gasteiger charge is 2.10. The van der Waals surface area contributed by atoms with Gasteiger partial charge in [-0.3, -0.25) is 0 Å². The van der Waals surface area contributed by atoms with E-state index in [0.717, 1.165) is 45.1 Å². The summed E-state index contributed by atoms with van der Waals surface area (Å²) < 4.78 is 0. The molecule has 0 unspecified atom stereocenters. The van der Waals surface area contributed by atoms with E-state index < -0.39 is 0 Å². The number of guanidine groups is 1. The number of halogens is 1. The normalized spacial score (nSPS) is 15.0. The molecule has 1 saturated heterocycles. The van der Waals surface area contributed by atoms with Crippen molar-refractivity contribution in [1.82, 2.24) is 10.6 Å². The standard InChI is InChI=1S/C17H28N4S.HI/c1-3-9-19-17(18-4-2)20-14-15-5-7-16(8-6-15)21-10-12-22-13-11-21;/h5-8H,3-4,9-14H2,1-2H3,(H2,18,19,20);1H. The zero-order valence-electron chi connectivity index (χ0n) is 14.2. The van der Waals surface area contributed by atoms with E-state index in [1.54, 1.807) is 0 Å². The van der Waals surface area contributed by atoms with Gasteiger partial charge in [-0.1, -0.05) is 19.1 Å². The first-order valence-corrected chi connectivity index (χ1v) is 9.42. The van der Waals surface area contributed by atoms with Crippen LogP contribution in [-0.2, 0) is 6.54 Å². The molecule has 4 nitrogen and oxygen atoms in total. The van der Waals surface area contributed by atoms with Crippen molar-refractivity contribution in [2.45, 2.75) is 26.8 Å². The molecule has 0 amide bonds. The molecular weight excluding hydrogens is 419 g/mol. The maximum atomic E-state index is 4.64. The van der Waals surface area contributed by atoms with Gasteiger partial charge in [0.15, 0.2) is 5.96 Å². The van der Waals surface area contributed by atoms with Crippen molar-refractivity contribution in [2.24, 2.45) is 4.99 Å². The maximum absolute atomic E-state index is 4.64. The lowest BCUT2D eigenvalue weighted by atomic mass is 10.2. The number of aliphatic imine (C=N–C) groups is 1. The summed E-state index contributed by atoms with van der Waals surface area (Å²) >= 11 is 2.05. The van der Waals surface area contributed by atoms with Crippen molar-refractivity contribution in [2.75, 3.05) is 42.6 Å². The van der Waals surface area contributed by atoms with Crippen LogP contribution in [0, 0.1) is 0 Å². The molecule has 2 N–H and O–H groups in total. The Labute approximate surface area is 161 Å². The van der Waals surface area contributed by atoms with Crippen LogP contribution in [0.25, 0.3) is 0 Å². The van der Waals surface area contributed by atoms with Crippen LogP contribution < -0.4 is 15.5 Å². The summed E-state index contributed by atoms with van der Waals surface area (Å²) in [7, 11) is 0. The van der Waals surface area contributed by atoms with Gasteiger partial charge in [0.05, 0.1) is 6.54 Å². The molecule has 2 rings (SSSR count). The zero-order valence-corrected chi connectivity index (χ0v) is 17.3. The number of nitrogens with one attached hydrogen (secondary N) is 2. The number of hydrogen-bond donors (Lipinski definition) is 2. The van der Waals surface area contributed by atoms with Gasteiger partial charge >= 0.3 is 0 Å². The van der Waals surface area contributed by atoms with E-state index in [9.17, 15) is 0 Å². The fraction of sp³-hybridized carbons (Fsp3) is 0.588. The molecule has 1 aliphatic heterocycles. The molecule has 1 fully saturated rings. The Balaban J connectivity index is 0.00000264. The van der Waals surface area contributed by atoms with Gasteiger partial charge in [-0.2, -0.15) is 11.8 Å². The minimum atomic E-state index is 0. The Morgan fingerprint density at radius 1 is 1.13 bits per heavy atom. The summed E-state index contributed by atoms with van der Waals surface area (Å²) in [5.41, 5.74) is 2.59. The molecule has 1 heterocycles. The predicted octanol–water partition coefficient (Wildman–Crippen LogP) is 3.32. The first-order valence-electron chi connectivity index (χ1n) is 8.27. The Hall–Kier alpha value is -0.630. The van der Waals surface area contributed by atoms with Crippen LogP contribution in [-0.4, -0.2) is 43.6 Å². The van der Waals surface area contributed by atoms with Crippen LogP contribution in [0.1, 0.15) is 25.8 Å². The second kappa shape index (κ2) is 11.8. The smallest absolute Gasteiger partial charge is 0.191 e. The Bertz CT molecular complexity index is 458. The molecule has 1 aliphatic rings. The topological polar surface area (TPSA) is 39.7 Å². The monoisotopic (exact) mass is 448 g/mol. The van der Waals surface area contributed by atoms with E-state index in [1.807, 2.05) is 11.8 Å². The Morgan fingerprint density at radius 3 is 2.43 bits per heavy atom. The lowest BCUT2D eigenvalue weighted by molar-refractivity contribution is 0.785. The number of hydrogen-bond acceptors (Lipinski definition) is 3. The number of benzene rings is 1. The highest BCUT2D eigenvalue weighted by molar-refractivity contribution is 14.0. The van der Waals surface area contributed by atoms with Gasteiger partial charge in [0.1, 0.15) is 0 Å². The predicted molar refractivity (Wildman–Crippen MR) is 115 cm³/mol. The largest absolute Gasteiger partial charge is 0.370 e. The van der Waals surface area contributed by atoms with E-state index >= 15 is 0 Å². The SMILES string of the molecule is CCCNC(=NCc1ccc(N2CCSCC2)cc1)NCC.I. The summed E-state index contributed by atoms with van der Waals surface area (Å²) in [6.45, 7) is 9.14. The molecule has 0 spiro atoms. The van der Waals surface area contributed by atoms with Gasteiger partial charge < -0.3 is 15.5 Å². The van der Waals surface area contributed by atoms with E-state index in [0.29, 0.717) is 0 Å². The number of nitrogens with zero attached hydrogens (tertiary/aromatic N) is 2. The molecule has 0 saturated carbocycles. The lowest BCUT2D eigenvalue weighted by Gasteiger charge is -2.28. The van der Waals surface area contributed by atoms with Gasteiger partial charge in [-0.25, -0.2) is 4.99 Å². The van der Waals surface area contributed by atoms with Gasteiger partial charge in [0, 0.05) is 43.4 Å². The molecule has 0 radical (unpaired) electrons. The van der Waals surface area contributed by atoms with Crippen LogP contribution in [0.2, 0.25) is 0 Å². The molecule has 1 aromatic carbocycles. The second-order valence-corrected chi connectivity index (χ2v) is 6.61. The van der Waals surface area contributed by atoms with Gasteiger partial charge in [-0.15, -0.1) is 24.0 Å². The fourth-order valence-electron chi connectivity index (χ4n) is 2.39. The first-order chi connectivity index (χ1) is 10.8.